The minimum absolute atomic E-state index is 0.0134. The quantitative estimate of drug-likeness (QED) is 0.700. The molecule has 0 bridgehead atoms. The molecule has 30 heavy (non-hydrogen) atoms. The Labute approximate surface area is 175 Å². The van der Waals surface area contributed by atoms with E-state index < -0.39 is 0 Å². The van der Waals surface area contributed by atoms with Gasteiger partial charge in [-0.2, -0.15) is 0 Å². The van der Waals surface area contributed by atoms with Crippen molar-refractivity contribution in [3.8, 4) is 0 Å². The molecule has 0 aliphatic carbocycles. The number of rotatable bonds is 5. The first-order chi connectivity index (χ1) is 14.7. The zero-order chi connectivity index (χ0) is 20.5. The first-order valence-corrected chi connectivity index (χ1v) is 10.3. The van der Waals surface area contributed by atoms with Gasteiger partial charge < -0.3 is 5.32 Å². The van der Waals surface area contributed by atoms with Gasteiger partial charge in [-0.05, 0) is 41.3 Å². The van der Waals surface area contributed by atoms with Crippen molar-refractivity contribution < 1.29 is 4.79 Å². The number of amides is 1. The Balaban J connectivity index is 1.38. The van der Waals surface area contributed by atoms with Crippen LogP contribution in [0.4, 0.5) is 5.69 Å². The third-order valence-corrected chi connectivity index (χ3v) is 5.71. The Morgan fingerprint density at radius 3 is 2.63 bits per heavy atom. The zero-order valence-electron chi connectivity index (χ0n) is 16.8. The van der Waals surface area contributed by atoms with E-state index in [2.05, 4.69) is 34.3 Å². The van der Waals surface area contributed by atoms with E-state index in [4.69, 9.17) is 4.99 Å². The molecule has 0 unspecified atom stereocenters. The van der Waals surface area contributed by atoms with Crippen LogP contribution in [0, 0.1) is 0 Å². The predicted molar refractivity (Wildman–Crippen MR) is 118 cm³/mol. The second-order valence-electron chi connectivity index (χ2n) is 7.62. The van der Waals surface area contributed by atoms with Gasteiger partial charge in [-0.15, -0.1) is 0 Å². The summed E-state index contributed by atoms with van der Waals surface area (Å²) in [5.41, 5.74) is 7.96. The minimum atomic E-state index is -0.0925. The van der Waals surface area contributed by atoms with E-state index in [1.807, 2.05) is 42.5 Å². The summed E-state index contributed by atoms with van der Waals surface area (Å²) in [6.45, 7) is 2.74. The van der Waals surface area contributed by atoms with E-state index in [-0.39, 0.29) is 11.9 Å². The highest BCUT2D eigenvalue weighted by Gasteiger charge is 2.26. The predicted octanol–water partition coefficient (Wildman–Crippen LogP) is 4.33. The van der Waals surface area contributed by atoms with Crippen molar-refractivity contribution in [1.82, 2.24) is 10.3 Å². The normalized spacial score (nSPS) is 15.1. The smallest absolute Gasteiger partial charge is 0.266 e. The maximum absolute atomic E-state index is 12.9. The first kappa shape index (κ1) is 18.4. The van der Waals surface area contributed by atoms with Gasteiger partial charge in [0.25, 0.3) is 5.91 Å². The van der Waals surface area contributed by atoms with E-state index in [1.54, 1.807) is 12.4 Å². The fraction of sp³-hybridized carbons (Fsp3) is 0.200. The molecule has 148 valence electrons. The van der Waals surface area contributed by atoms with Crippen molar-refractivity contribution in [3.63, 3.8) is 0 Å². The maximum atomic E-state index is 12.9. The van der Waals surface area contributed by atoms with Crippen molar-refractivity contribution in [1.29, 1.82) is 0 Å². The van der Waals surface area contributed by atoms with Crippen LogP contribution in [0.5, 0.6) is 0 Å². The molecule has 1 aromatic heterocycles. The van der Waals surface area contributed by atoms with Gasteiger partial charge in [0.2, 0.25) is 0 Å². The van der Waals surface area contributed by atoms with Crippen LogP contribution in [-0.2, 0) is 17.8 Å². The van der Waals surface area contributed by atoms with Gasteiger partial charge in [0.1, 0.15) is 5.71 Å². The van der Waals surface area contributed by atoms with E-state index in [1.165, 1.54) is 5.56 Å². The van der Waals surface area contributed by atoms with Crippen LogP contribution in [0.15, 0.2) is 77.0 Å². The molecule has 3 heterocycles. The zero-order valence-corrected chi connectivity index (χ0v) is 16.8. The number of hydrogen-bond acceptors (Lipinski definition) is 4. The minimum Gasteiger partial charge on any atom is -0.344 e. The van der Waals surface area contributed by atoms with Crippen LogP contribution in [0.3, 0.4) is 0 Å². The largest absolute Gasteiger partial charge is 0.344 e. The Bertz CT molecular complexity index is 1170. The molecule has 5 rings (SSSR count). The highest BCUT2D eigenvalue weighted by molar-refractivity contribution is 6.41. The molecule has 1 N–H and O–H groups in total. The summed E-state index contributed by atoms with van der Waals surface area (Å²) >= 11 is 0. The standard InChI is InChI=1S/C25H22N4O/c1-2-21(16-6-4-3-5-7-16)29-25(30)23-13-18-12-19-15-27-24(17-8-10-26-11-9-17)20(19)14-22(18)28-23/h3-12,14,21H,2,13,15H2,1H3,(H,29,30)/t21-/m1/s1. The molecular formula is C25H22N4O. The molecule has 0 saturated carbocycles. The molecule has 0 spiro atoms. The number of benzene rings is 2. The number of aromatic nitrogens is 1. The molecule has 1 atom stereocenters. The number of carbonyl (C=O) groups excluding carboxylic acids is 1. The van der Waals surface area contributed by atoms with Gasteiger partial charge >= 0.3 is 0 Å². The fourth-order valence-corrected chi connectivity index (χ4v) is 4.13. The van der Waals surface area contributed by atoms with Crippen molar-refractivity contribution in [2.24, 2.45) is 9.98 Å². The summed E-state index contributed by atoms with van der Waals surface area (Å²) in [6.07, 6.45) is 4.95. The molecule has 1 amide bonds. The average molecular weight is 394 g/mol. The van der Waals surface area contributed by atoms with E-state index >= 15 is 0 Å². The highest BCUT2D eigenvalue weighted by Crippen LogP contribution is 2.34. The summed E-state index contributed by atoms with van der Waals surface area (Å²) in [6, 6.07) is 18.2. The lowest BCUT2D eigenvalue weighted by Gasteiger charge is -2.17. The molecule has 5 heteroatoms. The fourth-order valence-electron chi connectivity index (χ4n) is 4.13. The topological polar surface area (TPSA) is 66.7 Å². The Morgan fingerprint density at radius 1 is 1.07 bits per heavy atom. The van der Waals surface area contributed by atoms with E-state index in [0.29, 0.717) is 18.7 Å². The second-order valence-corrected chi connectivity index (χ2v) is 7.62. The van der Waals surface area contributed by atoms with Crippen LogP contribution in [0.1, 0.15) is 47.2 Å². The monoisotopic (exact) mass is 394 g/mol. The molecule has 2 aliphatic rings. The third kappa shape index (κ3) is 3.32. The van der Waals surface area contributed by atoms with Crippen LogP contribution in [0.2, 0.25) is 0 Å². The number of nitrogens with one attached hydrogen (secondary N) is 1. The molecular weight excluding hydrogens is 372 g/mol. The molecule has 0 fully saturated rings. The Hall–Kier alpha value is -3.60. The van der Waals surface area contributed by atoms with Crippen LogP contribution < -0.4 is 5.32 Å². The number of carbonyl (C=O) groups is 1. The third-order valence-electron chi connectivity index (χ3n) is 5.71. The van der Waals surface area contributed by atoms with E-state index in [9.17, 15) is 4.79 Å². The van der Waals surface area contributed by atoms with Gasteiger partial charge in [-0.25, -0.2) is 4.99 Å². The molecule has 2 aliphatic heterocycles. The molecule has 0 saturated heterocycles. The lowest BCUT2D eigenvalue weighted by atomic mass is 9.97. The number of nitrogens with zero attached hydrogens (tertiary/aromatic N) is 3. The van der Waals surface area contributed by atoms with Crippen LogP contribution in [-0.4, -0.2) is 22.3 Å². The van der Waals surface area contributed by atoms with Gasteiger partial charge in [-0.1, -0.05) is 43.3 Å². The van der Waals surface area contributed by atoms with E-state index in [0.717, 1.165) is 40.1 Å². The Morgan fingerprint density at radius 2 is 1.87 bits per heavy atom. The van der Waals surface area contributed by atoms with Gasteiger partial charge in [0.15, 0.2) is 0 Å². The SMILES string of the molecule is CC[C@@H](NC(=O)C1=Nc2cc3c(cc2C1)CN=C3c1ccncc1)c1ccccc1. The highest BCUT2D eigenvalue weighted by atomic mass is 16.2. The summed E-state index contributed by atoms with van der Waals surface area (Å²) < 4.78 is 0. The van der Waals surface area contributed by atoms with Crippen molar-refractivity contribution >= 4 is 23.0 Å². The molecule has 3 aromatic rings. The van der Waals surface area contributed by atoms with Crippen molar-refractivity contribution in [2.45, 2.75) is 32.4 Å². The average Bonchev–Trinajstić information content (AvgIpc) is 3.40. The van der Waals surface area contributed by atoms with Crippen LogP contribution >= 0.6 is 0 Å². The number of aliphatic imine (C=N–C) groups is 2. The lowest BCUT2D eigenvalue weighted by molar-refractivity contribution is -0.115. The molecule has 2 aromatic carbocycles. The summed E-state index contributed by atoms with van der Waals surface area (Å²) in [5, 5.41) is 3.15. The van der Waals surface area contributed by atoms with Crippen LogP contribution in [0.25, 0.3) is 0 Å². The summed E-state index contributed by atoms with van der Waals surface area (Å²) in [5.74, 6) is -0.0925. The maximum Gasteiger partial charge on any atom is 0.266 e. The number of pyridine rings is 1. The van der Waals surface area contributed by atoms with Crippen molar-refractivity contribution in [3.05, 3.63) is 94.8 Å². The first-order valence-electron chi connectivity index (χ1n) is 10.3. The van der Waals surface area contributed by atoms with Gasteiger partial charge in [0.05, 0.1) is 24.0 Å². The second kappa shape index (κ2) is 7.67. The molecule has 0 radical (unpaired) electrons. The van der Waals surface area contributed by atoms with Gasteiger partial charge in [-0.3, -0.25) is 14.8 Å². The lowest BCUT2D eigenvalue weighted by Crippen LogP contribution is -2.34. The molecule has 5 nitrogen and oxygen atoms in total. The summed E-state index contributed by atoms with van der Waals surface area (Å²) in [7, 11) is 0. The number of hydrogen-bond donors (Lipinski definition) is 1. The van der Waals surface area contributed by atoms with Gasteiger partial charge in [0, 0.05) is 29.9 Å². The Kier molecular flexibility index (Phi) is 4.71. The van der Waals surface area contributed by atoms with Crippen molar-refractivity contribution in [2.75, 3.05) is 0 Å². The summed E-state index contributed by atoms with van der Waals surface area (Å²) in [4.78, 5) is 26.4. The number of fused-ring (bicyclic) bond motifs is 2.